The molecule has 0 aromatic carbocycles. The van der Waals surface area contributed by atoms with Gasteiger partial charge in [-0.1, -0.05) is 0 Å². The van der Waals surface area contributed by atoms with Crippen LogP contribution in [0.1, 0.15) is 37.8 Å². The maximum atomic E-state index is 5.75. The van der Waals surface area contributed by atoms with E-state index in [1.54, 1.807) is 0 Å². The van der Waals surface area contributed by atoms with Gasteiger partial charge in [0, 0.05) is 35.4 Å². The van der Waals surface area contributed by atoms with E-state index in [1.165, 1.54) is 19.3 Å². The lowest BCUT2D eigenvalue weighted by molar-refractivity contribution is 0.00857. The molecule has 5 heteroatoms. The Morgan fingerprint density at radius 3 is 3.00 bits per heavy atom. The van der Waals surface area contributed by atoms with Gasteiger partial charge in [0.1, 0.15) is 0 Å². The lowest BCUT2D eigenvalue weighted by Gasteiger charge is -2.24. The quantitative estimate of drug-likeness (QED) is 0.622. The minimum Gasteiger partial charge on any atom is -0.378 e. The Hall–Kier alpha value is -0.490. The van der Waals surface area contributed by atoms with E-state index in [2.05, 4.69) is 26.3 Å². The van der Waals surface area contributed by atoms with Crippen molar-refractivity contribution in [2.45, 2.75) is 50.7 Å². The van der Waals surface area contributed by atoms with Gasteiger partial charge in [0.2, 0.25) is 0 Å². The number of hydrazine groups is 1. The molecule has 0 saturated carbocycles. The highest BCUT2D eigenvalue weighted by Crippen LogP contribution is 2.18. The standard InChI is InChI=1S/C14H22BrN3O/c15-11-4-5-12(17-10-11)9-13(18-16)6-7-14-3-1-2-8-19-14/h4-5,10,13-14,18H,1-3,6-9,16H2. The summed E-state index contributed by atoms with van der Waals surface area (Å²) < 4.78 is 6.75. The van der Waals surface area contributed by atoms with Crippen LogP contribution >= 0.6 is 15.9 Å². The topological polar surface area (TPSA) is 60.2 Å². The van der Waals surface area contributed by atoms with Crippen molar-refractivity contribution in [1.82, 2.24) is 10.4 Å². The van der Waals surface area contributed by atoms with Crippen molar-refractivity contribution in [3.8, 4) is 0 Å². The summed E-state index contributed by atoms with van der Waals surface area (Å²) in [5, 5.41) is 0. The van der Waals surface area contributed by atoms with Gasteiger partial charge in [-0.25, -0.2) is 0 Å². The average Bonchev–Trinajstić information content (AvgIpc) is 2.46. The summed E-state index contributed by atoms with van der Waals surface area (Å²) >= 11 is 3.39. The maximum Gasteiger partial charge on any atom is 0.0575 e. The fourth-order valence-electron chi connectivity index (χ4n) is 2.45. The first kappa shape index (κ1) is 14.9. The SMILES string of the molecule is NNC(CCC1CCCCO1)Cc1ccc(Br)cn1. The Morgan fingerprint density at radius 2 is 2.37 bits per heavy atom. The minimum atomic E-state index is 0.263. The summed E-state index contributed by atoms with van der Waals surface area (Å²) in [6.07, 6.45) is 8.89. The third-order valence-electron chi connectivity index (χ3n) is 3.59. The third-order valence-corrected chi connectivity index (χ3v) is 4.06. The van der Waals surface area contributed by atoms with E-state index >= 15 is 0 Å². The number of nitrogens with two attached hydrogens (primary N) is 1. The Balaban J connectivity index is 1.77. The number of pyridine rings is 1. The zero-order valence-corrected chi connectivity index (χ0v) is 12.7. The second-order valence-electron chi connectivity index (χ2n) is 5.10. The molecule has 1 aromatic heterocycles. The molecule has 2 atom stereocenters. The molecule has 1 aliphatic rings. The van der Waals surface area contributed by atoms with Crippen molar-refractivity contribution in [2.24, 2.45) is 5.84 Å². The predicted molar refractivity (Wildman–Crippen MR) is 79.6 cm³/mol. The molecular weight excluding hydrogens is 306 g/mol. The number of nitrogens with zero attached hydrogens (tertiary/aromatic N) is 1. The maximum absolute atomic E-state index is 5.75. The van der Waals surface area contributed by atoms with E-state index in [9.17, 15) is 0 Å². The molecule has 0 radical (unpaired) electrons. The molecule has 1 saturated heterocycles. The highest BCUT2D eigenvalue weighted by Gasteiger charge is 2.16. The molecule has 0 aliphatic carbocycles. The molecule has 2 unspecified atom stereocenters. The van der Waals surface area contributed by atoms with Crippen LogP contribution in [0.15, 0.2) is 22.8 Å². The molecule has 0 spiro atoms. The van der Waals surface area contributed by atoms with Crippen LogP contribution in [0.5, 0.6) is 0 Å². The van der Waals surface area contributed by atoms with Crippen LogP contribution in [0.3, 0.4) is 0 Å². The van der Waals surface area contributed by atoms with E-state index in [0.29, 0.717) is 6.10 Å². The molecule has 19 heavy (non-hydrogen) atoms. The van der Waals surface area contributed by atoms with Gasteiger partial charge in [0.15, 0.2) is 0 Å². The van der Waals surface area contributed by atoms with Gasteiger partial charge in [-0.15, -0.1) is 0 Å². The van der Waals surface area contributed by atoms with Gasteiger partial charge in [-0.2, -0.15) is 0 Å². The van der Waals surface area contributed by atoms with Gasteiger partial charge >= 0.3 is 0 Å². The van der Waals surface area contributed by atoms with Crippen LogP contribution in [0.25, 0.3) is 0 Å². The van der Waals surface area contributed by atoms with E-state index in [4.69, 9.17) is 10.6 Å². The molecule has 0 bridgehead atoms. The summed E-state index contributed by atoms with van der Waals surface area (Å²) in [6, 6.07) is 4.31. The summed E-state index contributed by atoms with van der Waals surface area (Å²) in [4.78, 5) is 4.39. The Kier molecular flexibility index (Phi) is 6.23. The number of nitrogens with one attached hydrogen (secondary N) is 1. The molecule has 3 N–H and O–H groups in total. The molecule has 1 fully saturated rings. The molecule has 0 amide bonds. The largest absolute Gasteiger partial charge is 0.378 e. The van der Waals surface area contributed by atoms with Crippen LogP contribution in [-0.2, 0) is 11.2 Å². The first-order chi connectivity index (χ1) is 9.28. The predicted octanol–water partition coefficient (Wildman–Crippen LogP) is 2.57. The Morgan fingerprint density at radius 1 is 1.47 bits per heavy atom. The number of hydrogen-bond acceptors (Lipinski definition) is 4. The highest BCUT2D eigenvalue weighted by atomic mass is 79.9. The van der Waals surface area contributed by atoms with Crippen molar-refractivity contribution in [3.63, 3.8) is 0 Å². The molecule has 1 aromatic rings. The average molecular weight is 328 g/mol. The summed E-state index contributed by atoms with van der Waals surface area (Å²) in [5.74, 6) is 5.64. The molecule has 106 valence electrons. The van der Waals surface area contributed by atoms with Crippen molar-refractivity contribution < 1.29 is 4.74 Å². The number of aromatic nitrogens is 1. The van der Waals surface area contributed by atoms with Crippen LogP contribution < -0.4 is 11.3 Å². The lowest BCUT2D eigenvalue weighted by Crippen LogP contribution is -2.38. The zero-order chi connectivity index (χ0) is 13.5. The van der Waals surface area contributed by atoms with E-state index in [0.717, 1.165) is 36.0 Å². The number of rotatable bonds is 6. The van der Waals surface area contributed by atoms with Crippen LogP contribution in [0.2, 0.25) is 0 Å². The monoisotopic (exact) mass is 327 g/mol. The van der Waals surface area contributed by atoms with Gasteiger partial charge in [-0.3, -0.25) is 16.3 Å². The molecule has 2 rings (SSSR count). The Bertz CT molecular complexity index is 365. The van der Waals surface area contributed by atoms with E-state index < -0.39 is 0 Å². The summed E-state index contributed by atoms with van der Waals surface area (Å²) in [6.45, 7) is 0.916. The number of ether oxygens (including phenoxy) is 1. The third kappa shape index (κ3) is 5.18. The van der Waals surface area contributed by atoms with Crippen LogP contribution in [-0.4, -0.2) is 23.7 Å². The lowest BCUT2D eigenvalue weighted by atomic mass is 9.99. The van der Waals surface area contributed by atoms with Crippen LogP contribution in [0.4, 0.5) is 0 Å². The normalized spacial score (nSPS) is 21.3. The van der Waals surface area contributed by atoms with Gasteiger partial charge in [-0.05, 0) is 60.2 Å². The summed E-state index contributed by atoms with van der Waals surface area (Å²) in [7, 11) is 0. The number of halogens is 1. The molecular formula is C14H22BrN3O. The molecule has 4 nitrogen and oxygen atoms in total. The highest BCUT2D eigenvalue weighted by molar-refractivity contribution is 9.10. The molecule has 2 heterocycles. The second-order valence-corrected chi connectivity index (χ2v) is 6.02. The minimum absolute atomic E-state index is 0.263. The first-order valence-corrected chi connectivity index (χ1v) is 7.75. The van der Waals surface area contributed by atoms with Crippen LogP contribution in [0, 0.1) is 0 Å². The van der Waals surface area contributed by atoms with E-state index in [1.807, 2.05) is 18.3 Å². The van der Waals surface area contributed by atoms with Crippen molar-refractivity contribution in [1.29, 1.82) is 0 Å². The molecule has 1 aliphatic heterocycles. The van der Waals surface area contributed by atoms with Gasteiger partial charge in [0.25, 0.3) is 0 Å². The fourth-order valence-corrected chi connectivity index (χ4v) is 2.68. The smallest absolute Gasteiger partial charge is 0.0575 e. The van der Waals surface area contributed by atoms with Crippen molar-refractivity contribution >= 4 is 15.9 Å². The van der Waals surface area contributed by atoms with Gasteiger partial charge < -0.3 is 4.74 Å². The number of hydrogen-bond donors (Lipinski definition) is 2. The van der Waals surface area contributed by atoms with Crippen molar-refractivity contribution in [3.05, 3.63) is 28.5 Å². The zero-order valence-electron chi connectivity index (χ0n) is 11.1. The van der Waals surface area contributed by atoms with Gasteiger partial charge in [0.05, 0.1) is 6.10 Å². The first-order valence-electron chi connectivity index (χ1n) is 6.96. The second kappa shape index (κ2) is 7.94. The fraction of sp³-hybridized carbons (Fsp3) is 0.643. The van der Waals surface area contributed by atoms with E-state index in [-0.39, 0.29) is 6.04 Å². The van der Waals surface area contributed by atoms with Crippen molar-refractivity contribution in [2.75, 3.05) is 6.61 Å². The summed E-state index contributed by atoms with van der Waals surface area (Å²) in [5.41, 5.74) is 3.96. The Labute approximate surface area is 123 Å².